The van der Waals surface area contributed by atoms with Crippen LogP contribution in [-0.2, 0) is 4.79 Å². The van der Waals surface area contributed by atoms with Gasteiger partial charge >= 0.3 is 0 Å². The highest BCUT2D eigenvalue weighted by Gasteiger charge is 2.17. The number of nitrogens with one attached hydrogen (secondary N) is 1. The van der Waals surface area contributed by atoms with Crippen LogP contribution >= 0.6 is 0 Å². The van der Waals surface area contributed by atoms with Gasteiger partial charge in [-0.1, -0.05) is 158 Å². The molecule has 3 N–H and O–H groups in total. The number of hydrogen-bond donors (Lipinski definition) is 3. The number of rotatable bonds is 33. The first kappa shape index (κ1) is 43.1. The summed E-state index contributed by atoms with van der Waals surface area (Å²) in [6, 6.07) is -0.653. The number of unbranched alkanes of at least 4 members (excludes halogenated alkanes) is 18. The highest BCUT2D eigenvalue weighted by atomic mass is 16.3. The molecule has 0 aliphatic rings. The smallest absolute Gasteiger partial charge is 0.220 e. The molecule has 0 heterocycles. The molecule has 0 rings (SSSR count). The summed E-state index contributed by atoms with van der Waals surface area (Å²) in [5.41, 5.74) is 0. The van der Waals surface area contributed by atoms with Crippen molar-refractivity contribution in [1.82, 2.24) is 5.32 Å². The first-order valence-electron chi connectivity index (χ1n) is 19.0. The fraction of sp³-hybridized carbons (Fsp3) is 0.732. The summed E-state index contributed by atoms with van der Waals surface area (Å²) < 4.78 is 0. The second-order valence-electron chi connectivity index (χ2n) is 12.6. The van der Waals surface area contributed by atoms with E-state index < -0.39 is 12.1 Å². The minimum Gasteiger partial charge on any atom is -0.394 e. The summed E-state index contributed by atoms with van der Waals surface area (Å²) in [4.78, 5) is 12.3. The van der Waals surface area contributed by atoms with Gasteiger partial charge in [-0.2, -0.15) is 0 Å². The van der Waals surface area contributed by atoms with Gasteiger partial charge in [-0.15, -0.1) is 0 Å². The van der Waals surface area contributed by atoms with Crippen molar-refractivity contribution in [3.8, 4) is 0 Å². The Morgan fingerprint density at radius 1 is 0.533 bits per heavy atom. The minimum absolute atomic E-state index is 0.0963. The molecule has 0 bridgehead atoms. The Morgan fingerprint density at radius 3 is 1.51 bits per heavy atom. The van der Waals surface area contributed by atoms with E-state index in [2.05, 4.69) is 67.8 Å². The van der Waals surface area contributed by atoms with Crippen LogP contribution < -0.4 is 5.32 Å². The predicted octanol–water partition coefficient (Wildman–Crippen LogP) is 11.4. The Balaban J connectivity index is 3.73. The number of aliphatic hydroxyl groups excluding tert-OH is 2. The van der Waals surface area contributed by atoms with E-state index in [0.717, 1.165) is 57.8 Å². The van der Waals surface area contributed by atoms with E-state index in [0.29, 0.717) is 6.42 Å². The van der Waals surface area contributed by atoms with Crippen molar-refractivity contribution < 1.29 is 15.0 Å². The van der Waals surface area contributed by atoms with Crippen LogP contribution in [0.2, 0.25) is 0 Å². The summed E-state index contributed by atoms with van der Waals surface area (Å²) in [7, 11) is 0. The fourth-order valence-corrected chi connectivity index (χ4v) is 5.25. The zero-order valence-corrected chi connectivity index (χ0v) is 29.6. The largest absolute Gasteiger partial charge is 0.394 e. The molecule has 260 valence electrons. The molecular formula is C41H73NO3. The molecule has 0 radical (unpaired) electrons. The third-order valence-corrected chi connectivity index (χ3v) is 8.18. The molecule has 0 spiro atoms. The van der Waals surface area contributed by atoms with Gasteiger partial charge in [0.1, 0.15) is 0 Å². The summed E-state index contributed by atoms with van der Waals surface area (Å²) in [5.74, 6) is -0.0963. The number of aliphatic hydroxyl groups is 2. The number of carbonyl (C=O) groups is 1. The molecule has 0 saturated heterocycles. The highest BCUT2D eigenvalue weighted by Crippen LogP contribution is 2.12. The Kier molecular flexibility index (Phi) is 35.0. The molecule has 0 saturated carbocycles. The second kappa shape index (κ2) is 36.6. The summed E-state index contributed by atoms with van der Waals surface area (Å²) in [6.07, 6.45) is 50.2. The third kappa shape index (κ3) is 33.3. The van der Waals surface area contributed by atoms with Crippen LogP contribution in [0.3, 0.4) is 0 Å². The van der Waals surface area contributed by atoms with E-state index in [1.807, 2.05) is 6.08 Å². The van der Waals surface area contributed by atoms with Gasteiger partial charge in [0.15, 0.2) is 0 Å². The lowest BCUT2D eigenvalue weighted by molar-refractivity contribution is -0.123. The Hall–Kier alpha value is -1.91. The molecule has 0 aromatic carbocycles. The van der Waals surface area contributed by atoms with Crippen LogP contribution in [0.5, 0.6) is 0 Å². The summed E-state index contributed by atoms with van der Waals surface area (Å²) in [5, 5.41) is 22.9. The van der Waals surface area contributed by atoms with E-state index in [9.17, 15) is 15.0 Å². The van der Waals surface area contributed by atoms with Gasteiger partial charge < -0.3 is 15.5 Å². The topological polar surface area (TPSA) is 69.6 Å². The maximum Gasteiger partial charge on any atom is 0.220 e. The molecule has 2 atom stereocenters. The number of amides is 1. The molecule has 0 aliphatic heterocycles. The molecule has 0 fully saturated rings. The van der Waals surface area contributed by atoms with Crippen molar-refractivity contribution in [2.45, 2.75) is 187 Å². The van der Waals surface area contributed by atoms with E-state index >= 15 is 0 Å². The Bertz CT molecular complexity index is 767. The quantitative estimate of drug-likeness (QED) is 0.0501. The van der Waals surface area contributed by atoms with Crippen molar-refractivity contribution in [2.75, 3.05) is 6.61 Å². The molecule has 45 heavy (non-hydrogen) atoms. The first-order valence-corrected chi connectivity index (χ1v) is 19.0. The van der Waals surface area contributed by atoms with Gasteiger partial charge in [0.05, 0.1) is 18.8 Å². The van der Waals surface area contributed by atoms with E-state index in [4.69, 9.17) is 0 Å². The van der Waals surface area contributed by atoms with Crippen molar-refractivity contribution in [3.63, 3.8) is 0 Å². The Morgan fingerprint density at radius 2 is 0.978 bits per heavy atom. The van der Waals surface area contributed by atoms with Gasteiger partial charge in [0.2, 0.25) is 5.91 Å². The maximum atomic E-state index is 12.3. The zero-order chi connectivity index (χ0) is 32.9. The molecule has 4 nitrogen and oxygen atoms in total. The van der Waals surface area contributed by atoms with Crippen molar-refractivity contribution >= 4 is 5.91 Å². The molecule has 4 heteroatoms. The fourth-order valence-electron chi connectivity index (χ4n) is 5.25. The molecule has 0 aromatic rings. The molecular weight excluding hydrogens is 554 g/mol. The number of allylic oxidation sites excluding steroid dienone is 9. The van der Waals surface area contributed by atoms with Crippen LogP contribution in [0.15, 0.2) is 60.8 Å². The van der Waals surface area contributed by atoms with Crippen LogP contribution in [-0.4, -0.2) is 34.9 Å². The minimum atomic E-state index is -0.876. The average molecular weight is 628 g/mol. The monoisotopic (exact) mass is 628 g/mol. The van der Waals surface area contributed by atoms with Gasteiger partial charge in [-0.25, -0.2) is 0 Å². The molecule has 0 aliphatic carbocycles. The lowest BCUT2D eigenvalue weighted by Crippen LogP contribution is -2.45. The van der Waals surface area contributed by atoms with Crippen LogP contribution in [0, 0.1) is 0 Å². The van der Waals surface area contributed by atoms with Gasteiger partial charge in [-0.3, -0.25) is 4.79 Å². The van der Waals surface area contributed by atoms with Gasteiger partial charge in [-0.05, 0) is 70.6 Å². The van der Waals surface area contributed by atoms with Gasteiger partial charge in [0.25, 0.3) is 0 Å². The van der Waals surface area contributed by atoms with E-state index in [-0.39, 0.29) is 12.5 Å². The molecule has 2 unspecified atom stereocenters. The van der Waals surface area contributed by atoms with Crippen molar-refractivity contribution in [3.05, 3.63) is 60.8 Å². The third-order valence-electron chi connectivity index (χ3n) is 8.18. The number of hydrogen-bond acceptors (Lipinski definition) is 3. The van der Waals surface area contributed by atoms with Crippen molar-refractivity contribution in [2.24, 2.45) is 0 Å². The predicted molar refractivity (Wildman–Crippen MR) is 197 cm³/mol. The first-order chi connectivity index (χ1) is 22.2. The lowest BCUT2D eigenvalue weighted by atomic mass is 10.1. The molecule has 0 aromatic heterocycles. The average Bonchev–Trinajstić information content (AvgIpc) is 3.04. The van der Waals surface area contributed by atoms with E-state index in [1.165, 1.54) is 96.3 Å². The summed E-state index contributed by atoms with van der Waals surface area (Å²) >= 11 is 0. The van der Waals surface area contributed by atoms with Gasteiger partial charge in [0, 0.05) is 6.42 Å². The van der Waals surface area contributed by atoms with E-state index in [1.54, 1.807) is 6.08 Å². The maximum absolute atomic E-state index is 12.3. The van der Waals surface area contributed by atoms with Crippen LogP contribution in [0.4, 0.5) is 0 Å². The highest BCUT2D eigenvalue weighted by molar-refractivity contribution is 5.76. The number of carbonyl (C=O) groups excluding carboxylic acids is 1. The second-order valence-corrected chi connectivity index (χ2v) is 12.6. The molecule has 1 amide bonds. The summed E-state index contributed by atoms with van der Waals surface area (Å²) in [6.45, 7) is 4.20. The zero-order valence-electron chi connectivity index (χ0n) is 29.6. The van der Waals surface area contributed by atoms with Crippen LogP contribution in [0.25, 0.3) is 0 Å². The standard InChI is InChI=1S/C41H73NO3/c1-3-5-7-9-11-13-15-17-18-19-20-21-22-23-25-26-28-30-32-34-36-40(44)39(38-43)42-41(45)37-35-33-31-29-27-24-16-14-12-10-8-6-4-2/h8,10,14,16,21-22,26,28,34,36,39-40,43-44H,3-7,9,11-13,15,17-20,23-25,27,29-33,35,37-38H2,1-2H3,(H,42,45)/b10-8-,16-14-,22-21+,28-26+,36-34+. The normalized spacial score (nSPS) is 13.8. The SMILES string of the molecule is CCC/C=C\C/C=C\CCCCCCCC(=O)NC(CO)C(O)/C=C/CC/C=C/CC/C=C/CCCCCCCCCCCC. The van der Waals surface area contributed by atoms with Crippen LogP contribution in [0.1, 0.15) is 174 Å². The Labute approximate surface area is 279 Å². The lowest BCUT2D eigenvalue weighted by Gasteiger charge is -2.19. The van der Waals surface area contributed by atoms with Crippen molar-refractivity contribution in [1.29, 1.82) is 0 Å².